The number of ether oxygens (including phenoxy) is 1. The largest absolute Gasteiger partial charge is 0.396 e. The maximum atomic E-state index is 13.2. The van der Waals surface area contributed by atoms with Crippen molar-refractivity contribution in [3.63, 3.8) is 0 Å². The minimum atomic E-state index is -0.595. The average molecular weight is 240 g/mol. The summed E-state index contributed by atoms with van der Waals surface area (Å²) >= 11 is 0. The third-order valence-electron chi connectivity index (χ3n) is 2.25. The molecule has 0 saturated carbocycles. The van der Waals surface area contributed by atoms with Gasteiger partial charge in [0.2, 0.25) is 0 Å². The number of benzene rings is 1. The molecule has 0 spiro atoms. The number of rotatable bonds is 4. The van der Waals surface area contributed by atoms with Crippen LogP contribution in [0.25, 0.3) is 0 Å². The maximum Gasteiger partial charge on any atom is 0.253 e. The van der Waals surface area contributed by atoms with E-state index in [1.54, 1.807) is 7.11 Å². The van der Waals surface area contributed by atoms with Gasteiger partial charge in [0, 0.05) is 7.11 Å². The summed E-state index contributed by atoms with van der Waals surface area (Å²) in [5.74, 6) is -1.01. The number of nitrogens with one attached hydrogen (secondary N) is 1. The number of nitrogens with two attached hydrogens (primary N) is 1. The molecule has 0 aliphatic heterocycles. The molecule has 0 atom stereocenters. The molecule has 0 aliphatic carbocycles. The molecule has 1 rings (SSSR count). The molecule has 1 amide bonds. The number of carbonyl (C=O) groups is 1. The smallest absolute Gasteiger partial charge is 0.253 e. The third-order valence-corrected chi connectivity index (χ3v) is 2.25. The van der Waals surface area contributed by atoms with Crippen molar-refractivity contribution in [2.45, 2.75) is 19.4 Å². The fraction of sp³-hybridized carbons (Fsp3) is 0.417. The van der Waals surface area contributed by atoms with Gasteiger partial charge in [-0.25, -0.2) is 4.39 Å². The number of nitrogen functional groups attached to an aromatic ring is 1. The Bertz CT molecular complexity index is 419. The molecule has 4 nitrogen and oxygen atoms in total. The number of para-hydroxylation sites is 1. The molecule has 0 aromatic heterocycles. The van der Waals surface area contributed by atoms with Crippen LogP contribution in [0.5, 0.6) is 0 Å². The van der Waals surface area contributed by atoms with Crippen LogP contribution in [0.4, 0.5) is 10.1 Å². The molecule has 0 radical (unpaired) electrons. The van der Waals surface area contributed by atoms with Crippen molar-refractivity contribution < 1.29 is 13.9 Å². The van der Waals surface area contributed by atoms with Crippen molar-refractivity contribution in [3.8, 4) is 0 Å². The second-order valence-electron chi connectivity index (χ2n) is 4.47. The molecular formula is C12H17FN2O2. The molecule has 0 heterocycles. The fourth-order valence-electron chi connectivity index (χ4n) is 1.51. The van der Waals surface area contributed by atoms with Crippen LogP contribution in [-0.4, -0.2) is 25.2 Å². The minimum Gasteiger partial charge on any atom is -0.396 e. The average Bonchev–Trinajstić information content (AvgIpc) is 2.21. The van der Waals surface area contributed by atoms with E-state index in [0.717, 1.165) is 0 Å². The lowest BCUT2D eigenvalue weighted by Crippen LogP contribution is -2.47. The Morgan fingerprint density at radius 1 is 1.53 bits per heavy atom. The van der Waals surface area contributed by atoms with Gasteiger partial charge in [-0.2, -0.15) is 0 Å². The summed E-state index contributed by atoms with van der Waals surface area (Å²) in [5.41, 5.74) is 4.97. The number of halogens is 1. The summed E-state index contributed by atoms with van der Waals surface area (Å²) in [6.45, 7) is 3.97. The first kappa shape index (κ1) is 13.4. The van der Waals surface area contributed by atoms with Gasteiger partial charge in [-0.05, 0) is 26.0 Å². The summed E-state index contributed by atoms with van der Waals surface area (Å²) in [6, 6.07) is 4.15. The topological polar surface area (TPSA) is 64.3 Å². The normalized spacial score (nSPS) is 11.3. The number of methoxy groups -OCH3 is 1. The zero-order chi connectivity index (χ0) is 13.1. The number of hydrogen-bond donors (Lipinski definition) is 2. The van der Waals surface area contributed by atoms with E-state index in [0.29, 0.717) is 6.61 Å². The van der Waals surface area contributed by atoms with Gasteiger partial charge in [-0.3, -0.25) is 4.79 Å². The third kappa shape index (κ3) is 3.42. The molecule has 0 aliphatic rings. The quantitative estimate of drug-likeness (QED) is 0.785. The highest BCUT2D eigenvalue weighted by atomic mass is 19.1. The van der Waals surface area contributed by atoms with Gasteiger partial charge >= 0.3 is 0 Å². The molecule has 1 aromatic rings. The molecule has 5 heteroatoms. The van der Waals surface area contributed by atoms with Crippen molar-refractivity contribution in [3.05, 3.63) is 29.6 Å². The maximum absolute atomic E-state index is 13.2. The zero-order valence-corrected chi connectivity index (χ0v) is 10.2. The first-order valence-corrected chi connectivity index (χ1v) is 5.23. The SMILES string of the molecule is COCC(C)(C)NC(=O)c1cccc(F)c1N. The van der Waals surface area contributed by atoms with E-state index in [2.05, 4.69) is 5.32 Å². The summed E-state index contributed by atoms with van der Waals surface area (Å²) in [6.07, 6.45) is 0. The van der Waals surface area contributed by atoms with E-state index < -0.39 is 17.3 Å². The molecule has 0 bridgehead atoms. The standard InChI is InChI=1S/C12H17FN2O2/c1-12(2,7-17-3)15-11(16)8-5-4-6-9(13)10(8)14/h4-6H,7,14H2,1-3H3,(H,15,16). The molecule has 0 unspecified atom stereocenters. The van der Waals surface area contributed by atoms with Crippen LogP contribution >= 0.6 is 0 Å². The van der Waals surface area contributed by atoms with E-state index in [4.69, 9.17) is 10.5 Å². The van der Waals surface area contributed by atoms with Crippen LogP contribution in [0.2, 0.25) is 0 Å². The first-order valence-electron chi connectivity index (χ1n) is 5.23. The molecule has 17 heavy (non-hydrogen) atoms. The first-order chi connectivity index (χ1) is 7.87. The predicted octanol–water partition coefficient (Wildman–Crippen LogP) is 1.56. The lowest BCUT2D eigenvalue weighted by molar-refractivity contribution is 0.0820. The van der Waals surface area contributed by atoms with Crippen molar-refractivity contribution in [1.82, 2.24) is 5.32 Å². The van der Waals surface area contributed by atoms with Crippen LogP contribution < -0.4 is 11.1 Å². The number of carbonyl (C=O) groups excluding carboxylic acids is 1. The summed E-state index contributed by atoms with van der Waals surface area (Å²) < 4.78 is 18.2. The Labute approximate surface area is 100.0 Å². The molecule has 3 N–H and O–H groups in total. The van der Waals surface area contributed by atoms with Crippen LogP contribution in [0.3, 0.4) is 0 Å². The van der Waals surface area contributed by atoms with Crippen molar-refractivity contribution in [2.24, 2.45) is 0 Å². The highest BCUT2D eigenvalue weighted by Crippen LogP contribution is 2.16. The summed E-state index contributed by atoms with van der Waals surface area (Å²) in [4.78, 5) is 11.9. The summed E-state index contributed by atoms with van der Waals surface area (Å²) in [7, 11) is 1.55. The van der Waals surface area contributed by atoms with Gasteiger partial charge in [0.15, 0.2) is 0 Å². The van der Waals surface area contributed by atoms with Gasteiger partial charge in [0.05, 0.1) is 23.4 Å². The van der Waals surface area contributed by atoms with Gasteiger partial charge < -0.3 is 15.8 Å². The van der Waals surface area contributed by atoms with E-state index in [1.165, 1.54) is 18.2 Å². The van der Waals surface area contributed by atoms with Gasteiger partial charge in [0.1, 0.15) is 5.82 Å². The van der Waals surface area contributed by atoms with Gasteiger partial charge in [-0.15, -0.1) is 0 Å². The highest BCUT2D eigenvalue weighted by Gasteiger charge is 2.22. The van der Waals surface area contributed by atoms with Crippen LogP contribution in [0.1, 0.15) is 24.2 Å². The molecular weight excluding hydrogens is 223 g/mol. The zero-order valence-electron chi connectivity index (χ0n) is 10.2. The van der Waals surface area contributed by atoms with E-state index in [9.17, 15) is 9.18 Å². The lowest BCUT2D eigenvalue weighted by atomic mass is 10.1. The molecule has 1 aromatic carbocycles. The lowest BCUT2D eigenvalue weighted by Gasteiger charge is -2.25. The summed E-state index contributed by atoms with van der Waals surface area (Å²) in [5, 5.41) is 2.73. The Morgan fingerprint density at radius 2 is 2.18 bits per heavy atom. The van der Waals surface area contributed by atoms with Crippen LogP contribution in [0, 0.1) is 5.82 Å². The number of amides is 1. The Balaban J connectivity index is 2.87. The van der Waals surface area contributed by atoms with Crippen molar-refractivity contribution in [2.75, 3.05) is 19.5 Å². The van der Waals surface area contributed by atoms with Crippen molar-refractivity contribution in [1.29, 1.82) is 0 Å². The van der Waals surface area contributed by atoms with Crippen LogP contribution in [-0.2, 0) is 4.74 Å². The van der Waals surface area contributed by atoms with E-state index in [1.807, 2.05) is 13.8 Å². The Hall–Kier alpha value is -1.62. The predicted molar refractivity (Wildman–Crippen MR) is 64.2 cm³/mol. The molecule has 0 saturated heterocycles. The number of hydrogen-bond acceptors (Lipinski definition) is 3. The van der Waals surface area contributed by atoms with Crippen LogP contribution in [0.15, 0.2) is 18.2 Å². The van der Waals surface area contributed by atoms with Gasteiger partial charge in [0.25, 0.3) is 5.91 Å². The van der Waals surface area contributed by atoms with Crippen molar-refractivity contribution >= 4 is 11.6 Å². The second kappa shape index (κ2) is 5.14. The minimum absolute atomic E-state index is 0.133. The Kier molecular flexibility index (Phi) is 4.07. The van der Waals surface area contributed by atoms with Gasteiger partial charge in [-0.1, -0.05) is 6.07 Å². The monoisotopic (exact) mass is 240 g/mol. The molecule has 0 fully saturated rings. The highest BCUT2D eigenvalue weighted by molar-refractivity contribution is 5.99. The van der Waals surface area contributed by atoms with E-state index >= 15 is 0 Å². The second-order valence-corrected chi connectivity index (χ2v) is 4.47. The Morgan fingerprint density at radius 3 is 2.76 bits per heavy atom. The molecule has 94 valence electrons. The number of anilines is 1. The fourth-order valence-corrected chi connectivity index (χ4v) is 1.51. The van der Waals surface area contributed by atoms with E-state index in [-0.39, 0.29) is 11.3 Å².